The third kappa shape index (κ3) is 8.29. The fraction of sp³-hybridized carbons (Fsp3) is 0.324. The number of carbonyl (C=O) groups excluding carboxylic acids is 3. The lowest BCUT2D eigenvalue weighted by molar-refractivity contribution is -0.117. The van der Waals surface area contributed by atoms with E-state index in [-0.39, 0.29) is 13.0 Å². The van der Waals surface area contributed by atoms with Crippen molar-refractivity contribution in [2.45, 2.75) is 65.0 Å². The molecule has 41 heavy (non-hydrogen) atoms. The lowest BCUT2D eigenvalue weighted by Gasteiger charge is -2.18. The van der Waals surface area contributed by atoms with Gasteiger partial charge in [-0.15, -0.1) is 0 Å². The number of hydrogen-bond donors (Lipinski definition) is 0. The third-order valence-electron chi connectivity index (χ3n) is 6.64. The molecule has 1 heterocycles. The van der Waals surface area contributed by atoms with Gasteiger partial charge >= 0.3 is 17.9 Å². The highest BCUT2D eigenvalue weighted by atomic mass is 16.7. The van der Waals surface area contributed by atoms with Gasteiger partial charge < -0.3 is 18.9 Å². The van der Waals surface area contributed by atoms with Crippen LogP contribution in [0.15, 0.2) is 72.8 Å². The van der Waals surface area contributed by atoms with E-state index >= 15 is 0 Å². The van der Waals surface area contributed by atoms with E-state index in [0.717, 1.165) is 30.4 Å². The molecule has 0 aliphatic carbocycles. The molecule has 1 aliphatic heterocycles. The first-order valence-electron chi connectivity index (χ1n) is 13.8. The van der Waals surface area contributed by atoms with Crippen molar-refractivity contribution in [1.82, 2.24) is 0 Å². The van der Waals surface area contributed by atoms with Crippen molar-refractivity contribution in [2.24, 2.45) is 0 Å². The van der Waals surface area contributed by atoms with E-state index in [9.17, 15) is 14.4 Å². The number of carbonyl (C=O) groups is 3. The number of ether oxygens (including phenoxy) is 4. The normalized spacial score (nSPS) is 17.7. The summed E-state index contributed by atoms with van der Waals surface area (Å²) in [5.74, 6) is 4.47. The molecule has 3 aromatic rings. The summed E-state index contributed by atoms with van der Waals surface area (Å²) in [6, 6.07) is 20.9. The first kappa shape index (κ1) is 29.6. The average Bonchev–Trinajstić information content (AvgIpc) is 3.35. The van der Waals surface area contributed by atoms with Crippen molar-refractivity contribution in [3.63, 3.8) is 0 Å². The Bertz CT molecular complexity index is 1410. The molecule has 1 fully saturated rings. The zero-order valence-corrected chi connectivity index (χ0v) is 23.6. The fourth-order valence-electron chi connectivity index (χ4n) is 4.23. The van der Waals surface area contributed by atoms with Crippen LogP contribution in [0.1, 0.15) is 80.4 Å². The summed E-state index contributed by atoms with van der Waals surface area (Å²) >= 11 is 0. The molecule has 1 saturated heterocycles. The number of unbranched alkanes of at least 4 members (excludes halogenated alkanes) is 2. The minimum Gasteiger partial charge on any atom is -0.459 e. The largest absolute Gasteiger partial charge is 0.459 e. The highest BCUT2D eigenvalue weighted by molar-refractivity contribution is 5.92. The Labute approximate surface area is 240 Å². The highest BCUT2D eigenvalue weighted by Crippen LogP contribution is 2.27. The molecule has 3 atom stereocenters. The second-order valence-electron chi connectivity index (χ2n) is 9.97. The molecular weight excluding hydrogens is 520 g/mol. The molecule has 3 aromatic carbocycles. The molecule has 0 aromatic heterocycles. The predicted octanol–water partition coefficient (Wildman–Crippen LogP) is 6.20. The van der Waals surface area contributed by atoms with Gasteiger partial charge in [-0.05, 0) is 56.7 Å². The third-order valence-corrected chi connectivity index (χ3v) is 6.64. The maximum Gasteiger partial charge on any atom is 0.341 e. The molecule has 0 N–H and O–H groups in total. The smallest absolute Gasteiger partial charge is 0.341 e. The quantitative estimate of drug-likeness (QED) is 0.135. The lowest BCUT2D eigenvalue weighted by atomic mass is 10.1. The summed E-state index contributed by atoms with van der Waals surface area (Å²) in [5.41, 5.74) is 3.68. The molecule has 0 radical (unpaired) electrons. The second-order valence-corrected chi connectivity index (χ2v) is 9.97. The summed E-state index contributed by atoms with van der Waals surface area (Å²) in [4.78, 5) is 38.6. The van der Waals surface area contributed by atoms with Crippen molar-refractivity contribution >= 4 is 17.9 Å². The van der Waals surface area contributed by atoms with E-state index in [1.54, 1.807) is 42.5 Å². The van der Waals surface area contributed by atoms with E-state index in [1.165, 1.54) is 0 Å². The molecule has 1 aliphatic rings. The Morgan fingerprint density at radius 3 is 2.12 bits per heavy atom. The summed E-state index contributed by atoms with van der Waals surface area (Å²) in [7, 11) is 0. The Hall–Kier alpha value is -4.41. The number of hydrogen-bond acceptors (Lipinski definition) is 7. The van der Waals surface area contributed by atoms with Gasteiger partial charge in [-0.2, -0.15) is 0 Å². The van der Waals surface area contributed by atoms with Gasteiger partial charge in [0.05, 0.1) is 23.1 Å². The molecule has 7 heteroatoms. The summed E-state index contributed by atoms with van der Waals surface area (Å²) in [6.07, 6.45) is 0.186. The highest BCUT2D eigenvalue weighted by Gasteiger charge is 2.41. The zero-order valence-electron chi connectivity index (χ0n) is 23.6. The van der Waals surface area contributed by atoms with Crippen LogP contribution in [0.2, 0.25) is 0 Å². The van der Waals surface area contributed by atoms with E-state index in [0.29, 0.717) is 22.3 Å². The van der Waals surface area contributed by atoms with Crippen LogP contribution in [0.25, 0.3) is 0 Å². The van der Waals surface area contributed by atoms with Crippen LogP contribution in [0.3, 0.4) is 0 Å². The Kier molecular flexibility index (Phi) is 10.3. The Balaban J connectivity index is 1.46. The van der Waals surface area contributed by atoms with Crippen molar-refractivity contribution < 1.29 is 33.3 Å². The van der Waals surface area contributed by atoms with Gasteiger partial charge in [0.1, 0.15) is 18.8 Å². The van der Waals surface area contributed by atoms with E-state index in [1.807, 2.05) is 44.2 Å². The zero-order chi connectivity index (χ0) is 29.2. The van der Waals surface area contributed by atoms with Gasteiger partial charge in [-0.25, -0.2) is 14.4 Å². The van der Waals surface area contributed by atoms with E-state index < -0.39 is 36.4 Å². The summed E-state index contributed by atoms with van der Waals surface area (Å²) in [6.45, 7) is 5.75. The molecule has 0 saturated carbocycles. The van der Waals surface area contributed by atoms with Crippen molar-refractivity contribution in [3.8, 4) is 11.8 Å². The average molecular weight is 555 g/mol. The van der Waals surface area contributed by atoms with E-state index in [4.69, 9.17) is 18.9 Å². The van der Waals surface area contributed by atoms with Gasteiger partial charge in [0.2, 0.25) is 6.29 Å². The maximum absolute atomic E-state index is 13.1. The van der Waals surface area contributed by atoms with Crippen LogP contribution in [-0.4, -0.2) is 43.0 Å². The van der Waals surface area contributed by atoms with Crippen LogP contribution in [-0.2, 0) is 18.9 Å². The lowest BCUT2D eigenvalue weighted by Crippen LogP contribution is -2.32. The molecule has 212 valence electrons. The molecule has 0 spiro atoms. The van der Waals surface area contributed by atoms with Crippen LogP contribution < -0.4 is 0 Å². The number of esters is 3. The summed E-state index contributed by atoms with van der Waals surface area (Å²) < 4.78 is 22.9. The number of rotatable bonds is 9. The molecule has 7 nitrogen and oxygen atoms in total. The van der Waals surface area contributed by atoms with Gasteiger partial charge in [-0.3, -0.25) is 0 Å². The summed E-state index contributed by atoms with van der Waals surface area (Å²) in [5, 5.41) is 0. The maximum atomic E-state index is 13.1. The predicted molar refractivity (Wildman–Crippen MR) is 153 cm³/mol. The number of benzene rings is 3. The Morgan fingerprint density at radius 1 is 0.829 bits per heavy atom. The monoisotopic (exact) mass is 554 g/mol. The fourth-order valence-corrected chi connectivity index (χ4v) is 4.23. The van der Waals surface area contributed by atoms with Gasteiger partial charge in [0, 0.05) is 12.0 Å². The van der Waals surface area contributed by atoms with Gasteiger partial charge in [-0.1, -0.05) is 72.7 Å². The van der Waals surface area contributed by atoms with Gasteiger partial charge in [0.15, 0.2) is 0 Å². The molecular formula is C34H34O7. The van der Waals surface area contributed by atoms with Crippen molar-refractivity contribution in [2.75, 3.05) is 6.61 Å². The van der Waals surface area contributed by atoms with Crippen LogP contribution in [0.5, 0.6) is 0 Å². The first-order chi connectivity index (χ1) is 19.8. The van der Waals surface area contributed by atoms with Crippen molar-refractivity contribution in [1.29, 1.82) is 0 Å². The molecule has 4 rings (SSSR count). The topological polar surface area (TPSA) is 88.1 Å². The number of aryl methyl sites for hydroxylation is 2. The molecule has 1 unspecified atom stereocenters. The minimum atomic E-state index is -1.01. The SMILES string of the molecule is CCCCC#Cc1ccccc1C(=O)OC1C[C@H](OC(=O)c2ccc(C)cc2)[C@@H](COC(=O)c2ccc(C)cc2)O1. The van der Waals surface area contributed by atoms with Crippen molar-refractivity contribution in [3.05, 3.63) is 106 Å². The van der Waals surface area contributed by atoms with Crippen LogP contribution >= 0.6 is 0 Å². The molecule has 0 amide bonds. The molecule has 0 bridgehead atoms. The second kappa shape index (κ2) is 14.3. The minimum absolute atomic E-state index is 0.0838. The standard InChI is InChI=1S/C34H34O7/c1-4-5-6-7-10-25-11-8-9-12-28(25)34(37)41-31-21-29(40-33(36)27-19-15-24(3)16-20-27)30(39-31)22-38-32(35)26-17-13-23(2)14-18-26/h8-9,11-20,29-31H,4-6,21-22H2,1-3H3/t29-,30+,31?/m0/s1. The Morgan fingerprint density at radius 2 is 1.46 bits per heavy atom. The van der Waals surface area contributed by atoms with Crippen LogP contribution in [0, 0.1) is 25.7 Å². The van der Waals surface area contributed by atoms with Gasteiger partial charge in [0.25, 0.3) is 0 Å². The first-order valence-corrected chi connectivity index (χ1v) is 13.8. The van der Waals surface area contributed by atoms with E-state index in [2.05, 4.69) is 18.8 Å². The van der Waals surface area contributed by atoms with Crippen LogP contribution in [0.4, 0.5) is 0 Å².